The van der Waals surface area contributed by atoms with E-state index in [4.69, 9.17) is 11.6 Å². The summed E-state index contributed by atoms with van der Waals surface area (Å²) in [5.74, 6) is -0.886. The molecule has 1 heterocycles. The van der Waals surface area contributed by atoms with Gasteiger partial charge >= 0.3 is 0 Å². The zero-order chi connectivity index (χ0) is 13.6. The number of hydrogen-bond donors (Lipinski definition) is 1. The molecule has 19 heavy (non-hydrogen) atoms. The lowest BCUT2D eigenvalue weighted by molar-refractivity contribution is -0.115. The maximum atomic E-state index is 13.9. The monoisotopic (exact) mass is 281 g/mol. The fourth-order valence-electron chi connectivity index (χ4n) is 2.79. The van der Waals surface area contributed by atoms with Crippen LogP contribution >= 0.6 is 11.6 Å². The molecule has 0 fully saturated rings. The predicted octanol–water partition coefficient (Wildman–Crippen LogP) is 3.01. The first-order chi connectivity index (χ1) is 9.09. The van der Waals surface area contributed by atoms with Crippen LogP contribution in [0.5, 0.6) is 0 Å². The number of hydrogen-bond acceptors (Lipinski definition) is 2. The first-order valence-corrected chi connectivity index (χ1v) is 6.66. The molecule has 3 nitrogen and oxygen atoms in total. The van der Waals surface area contributed by atoms with Crippen LogP contribution in [0.25, 0.3) is 0 Å². The van der Waals surface area contributed by atoms with Crippen LogP contribution in [0.1, 0.15) is 25.7 Å². The van der Waals surface area contributed by atoms with Crippen LogP contribution in [0.4, 0.5) is 10.1 Å². The summed E-state index contributed by atoms with van der Waals surface area (Å²) < 4.78 is 13.9. The van der Waals surface area contributed by atoms with Gasteiger partial charge in [0.1, 0.15) is 5.82 Å². The van der Waals surface area contributed by atoms with Gasteiger partial charge in [-0.3, -0.25) is 9.69 Å². The number of carbonyl (C=O) groups excluding carboxylic acids is 1. The number of halogens is 2. The highest BCUT2D eigenvalue weighted by Gasteiger charge is 2.40. The van der Waals surface area contributed by atoms with Gasteiger partial charge in [0.05, 0.1) is 5.69 Å². The van der Waals surface area contributed by atoms with E-state index in [1.165, 1.54) is 12.1 Å². The van der Waals surface area contributed by atoms with Crippen LogP contribution in [0.3, 0.4) is 0 Å². The van der Waals surface area contributed by atoms with E-state index in [1.54, 1.807) is 0 Å². The second-order valence-corrected chi connectivity index (χ2v) is 5.29. The first-order valence-electron chi connectivity index (χ1n) is 6.28. The summed E-state index contributed by atoms with van der Waals surface area (Å²) in [5, 5.41) is 10.5. The predicted molar refractivity (Wildman–Crippen MR) is 70.4 cm³/mol. The molecule has 5 heteroatoms. The molecule has 0 radical (unpaired) electrons. The van der Waals surface area contributed by atoms with Gasteiger partial charge in [0.2, 0.25) is 0 Å². The van der Waals surface area contributed by atoms with Crippen molar-refractivity contribution in [1.29, 1.82) is 0 Å². The van der Waals surface area contributed by atoms with E-state index in [0.717, 1.165) is 29.4 Å². The molecule has 1 aromatic carbocycles. The standard InChI is InChI=1S/C14H13ClFNO2/c15-8-5-6-12(11(16)7-8)17-13(18)9-3-1-2-4-10(9)14(17)19/h5-7,13,18H,1-4H2. The minimum Gasteiger partial charge on any atom is -0.369 e. The van der Waals surface area contributed by atoms with Gasteiger partial charge in [-0.25, -0.2) is 4.39 Å². The molecule has 0 aromatic heterocycles. The number of carbonyl (C=O) groups is 1. The lowest BCUT2D eigenvalue weighted by Crippen LogP contribution is -2.36. The quantitative estimate of drug-likeness (QED) is 0.860. The Labute approximate surface area is 115 Å². The molecule has 1 unspecified atom stereocenters. The van der Waals surface area contributed by atoms with Gasteiger partial charge < -0.3 is 5.11 Å². The second kappa shape index (κ2) is 4.62. The van der Waals surface area contributed by atoms with Crippen LogP contribution in [0.2, 0.25) is 5.02 Å². The van der Waals surface area contributed by atoms with Crippen molar-refractivity contribution in [1.82, 2.24) is 0 Å². The molecule has 1 atom stereocenters. The van der Waals surface area contributed by atoms with E-state index in [9.17, 15) is 14.3 Å². The van der Waals surface area contributed by atoms with Gasteiger partial charge in [-0.1, -0.05) is 11.6 Å². The highest BCUT2D eigenvalue weighted by molar-refractivity contribution is 6.30. The minimum atomic E-state index is -1.04. The number of rotatable bonds is 1. The first kappa shape index (κ1) is 12.6. The summed E-state index contributed by atoms with van der Waals surface area (Å²) in [4.78, 5) is 13.4. The van der Waals surface area contributed by atoms with E-state index in [2.05, 4.69) is 0 Å². The van der Waals surface area contributed by atoms with E-state index in [1.807, 2.05) is 0 Å². The Hall–Kier alpha value is -1.39. The largest absolute Gasteiger partial charge is 0.369 e. The zero-order valence-corrected chi connectivity index (χ0v) is 11.0. The summed E-state index contributed by atoms with van der Waals surface area (Å²) in [6.45, 7) is 0. The van der Waals surface area contributed by atoms with Crippen LogP contribution in [0, 0.1) is 5.82 Å². The van der Waals surface area contributed by atoms with Crippen molar-refractivity contribution < 1.29 is 14.3 Å². The van der Waals surface area contributed by atoms with Gasteiger partial charge in [-0.2, -0.15) is 0 Å². The molecule has 1 N–H and O–H groups in total. The number of anilines is 1. The average molecular weight is 282 g/mol. The highest BCUT2D eigenvalue weighted by atomic mass is 35.5. The molecule has 1 aliphatic heterocycles. The molecule has 0 saturated heterocycles. The topological polar surface area (TPSA) is 40.5 Å². The normalized spacial score (nSPS) is 23.0. The lowest BCUT2D eigenvalue weighted by Gasteiger charge is -2.23. The van der Waals surface area contributed by atoms with E-state index < -0.39 is 12.0 Å². The molecule has 0 bridgehead atoms. The van der Waals surface area contributed by atoms with Crippen LogP contribution < -0.4 is 4.90 Å². The third kappa shape index (κ3) is 1.95. The number of benzene rings is 1. The molecule has 1 amide bonds. The van der Waals surface area contributed by atoms with Crippen molar-refractivity contribution >= 4 is 23.2 Å². The van der Waals surface area contributed by atoms with E-state index in [0.29, 0.717) is 18.4 Å². The van der Waals surface area contributed by atoms with Crippen molar-refractivity contribution in [3.8, 4) is 0 Å². The fourth-order valence-corrected chi connectivity index (χ4v) is 2.95. The second-order valence-electron chi connectivity index (χ2n) is 4.86. The Bertz CT molecular complexity index is 585. The molecule has 100 valence electrons. The maximum absolute atomic E-state index is 13.9. The SMILES string of the molecule is O=C1C2=C(CCCC2)C(O)N1c1ccc(Cl)cc1F. The van der Waals surface area contributed by atoms with Gasteiger partial charge in [0.25, 0.3) is 5.91 Å². The Morgan fingerprint density at radius 1 is 1.32 bits per heavy atom. The maximum Gasteiger partial charge on any atom is 0.256 e. The smallest absolute Gasteiger partial charge is 0.256 e. The van der Waals surface area contributed by atoms with E-state index >= 15 is 0 Å². The minimum absolute atomic E-state index is 0.0799. The molecular formula is C14H13ClFNO2. The van der Waals surface area contributed by atoms with Gasteiger partial charge in [0, 0.05) is 10.6 Å². The van der Waals surface area contributed by atoms with Crippen molar-refractivity contribution in [2.45, 2.75) is 31.9 Å². The van der Waals surface area contributed by atoms with Gasteiger partial charge in [-0.05, 0) is 49.5 Å². The molecule has 2 aliphatic rings. The number of aliphatic hydroxyl groups excluding tert-OH is 1. The number of aliphatic hydroxyl groups is 1. The molecule has 3 rings (SSSR count). The van der Waals surface area contributed by atoms with Crippen molar-refractivity contribution in [2.75, 3.05) is 4.90 Å². The van der Waals surface area contributed by atoms with Crippen molar-refractivity contribution in [2.24, 2.45) is 0 Å². The Morgan fingerprint density at radius 3 is 2.74 bits per heavy atom. The summed E-state index contributed by atoms with van der Waals surface area (Å²) in [6, 6.07) is 4.09. The Kier molecular flexibility index (Phi) is 3.07. The zero-order valence-electron chi connectivity index (χ0n) is 10.2. The highest BCUT2D eigenvalue weighted by Crippen LogP contribution is 2.39. The van der Waals surface area contributed by atoms with Crippen LogP contribution in [-0.4, -0.2) is 17.2 Å². The molecule has 0 spiro atoms. The summed E-state index contributed by atoms with van der Waals surface area (Å²) in [5.41, 5.74) is 1.47. The molecule has 1 aromatic rings. The summed E-state index contributed by atoms with van der Waals surface area (Å²) in [7, 11) is 0. The molecule has 0 saturated carbocycles. The van der Waals surface area contributed by atoms with Crippen LogP contribution in [0.15, 0.2) is 29.3 Å². The van der Waals surface area contributed by atoms with E-state index in [-0.39, 0.29) is 16.6 Å². The Morgan fingerprint density at radius 2 is 2.05 bits per heavy atom. The number of nitrogens with zero attached hydrogens (tertiary/aromatic N) is 1. The summed E-state index contributed by atoms with van der Waals surface area (Å²) >= 11 is 5.70. The van der Waals surface area contributed by atoms with Crippen molar-refractivity contribution in [3.05, 3.63) is 40.2 Å². The fraction of sp³-hybridized carbons (Fsp3) is 0.357. The lowest BCUT2D eigenvalue weighted by atomic mass is 9.93. The molecule has 1 aliphatic carbocycles. The number of amides is 1. The third-order valence-corrected chi connectivity index (χ3v) is 3.95. The molecular weight excluding hydrogens is 269 g/mol. The van der Waals surface area contributed by atoms with Crippen molar-refractivity contribution in [3.63, 3.8) is 0 Å². The third-order valence-electron chi connectivity index (χ3n) is 3.71. The average Bonchev–Trinajstić information content (AvgIpc) is 2.64. The van der Waals surface area contributed by atoms with Crippen LogP contribution in [-0.2, 0) is 4.79 Å². The van der Waals surface area contributed by atoms with Gasteiger partial charge in [-0.15, -0.1) is 0 Å². The van der Waals surface area contributed by atoms with Gasteiger partial charge in [0.15, 0.2) is 6.23 Å². The Balaban J connectivity index is 2.01. The summed E-state index contributed by atoms with van der Waals surface area (Å²) in [6.07, 6.45) is 2.22.